The number of fused-ring (bicyclic) bond motifs is 1. The van der Waals surface area contributed by atoms with E-state index in [-0.39, 0.29) is 11.9 Å². The molecule has 4 heterocycles. The zero-order valence-corrected chi connectivity index (χ0v) is 16.7. The molecule has 0 radical (unpaired) electrons. The monoisotopic (exact) mass is 431 g/mol. The second kappa shape index (κ2) is 7.17. The van der Waals surface area contributed by atoms with Gasteiger partial charge in [0.1, 0.15) is 0 Å². The Morgan fingerprint density at radius 1 is 1.19 bits per heavy atom. The number of pyridine rings is 1. The topological polar surface area (TPSA) is 90.5 Å². The molecule has 1 aliphatic carbocycles. The third kappa shape index (κ3) is 3.79. The number of hydrogen-bond donors (Lipinski definition) is 1. The number of carbonyl (C=O) groups excluding carboxylic acids is 1. The van der Waals surface area contributed by atoms with Crippen LogP contribution in [0.4, 0.5) is 13.2 Å². The molecule has 162 valence electrons. The van der Waals surface area contributed by atoms with Crippen molar-refractivity contribution in [1.29, 1.82) is 0 Å². The van der Waals surface area contributed by atoms with Crippen molar-refractivity contribution >= 4 is 5.91 Å². The Morgan fingerprint density at radius 2 is 2.00 bits per heavy atom. The molecular formula is C20H20F3N7O. The summed E-state index contributed by atoms with van der Waals surface area (Å²) in [6, 6.07) is 5.51. The Labute approximate surface area is 175 Å². The highest BCUT2D eigenvalue weighted by Gasteiger charge is 2.38. The first kappa shape index (κ1) is 19.7. The average molecular weight is 431 g/mol. The molecule has 5 rings (SSSR count). The number of amides is 1. The maximum absolute atomic E-state index is 12.9. The van der Waals surface area contributed by atoms with Gasteiger partial charge in [-0.2, -0.15) is 23.3 Å². The summed E-state index contributed by atoms with van der Waals surface area (Å²) in [5, 5.41) is 10.8. The van der Waals surface area contributed by atoms with Gasteiger partial charge < -0.3 is 5.32 Å². The van der Waals surface area contributed by atoms with Crippen molar-refractivity contribution in [1.82, 2.24) is 34.8 Å². The van der Waals surface area contributed by atoms with Gasteiger partial charge in [-0.05, 0) is 43.9 Å². The SMILES string of the molecule is Cn1nc(C(F)(F)F)nc1C(=O)NC1CCCn2nc(-c3ccnc(C4CC4)c3)cc21. The van der Waals surface area contributed by atoms with Crippen LogP contribution >= 0.6 is 0 Å². The first-order valence-corrected chi connectivity index (χ1v) is 10.1. The van der Waals surface area contributed by atoms with Crippen LogP contribution < -0.4 is 5.32 Å². The van der Waals surface area contributed by atoms with Gasteiger partial charge >= 0.3 is 6.18 Å². The van der Waals surface area contributed by atoms with Crippen LogP contribution in [0.5, 0.6) is 0 Å². The predicted octanol–water partition coefficient (Wildman–Crippen LogP) is 3.23. The summed E-state index contributed by atoms with van der Waals surface area (Å²) >= 11 is 0. The number of carbonyl (C=O) groups is 1. The minimum atomic E-state index is -4.71. The van der Waals surface area contributed by atoms with E-state index in [1.165, 1.54) is 7.05 Å². The number of nitrogens with one attached hydrogen (secondary N) is 1. The second-order valence-corrected chi connectivity index (χ2v) is 7.97. The van der Waals surface area contributed by atoms with Crippen LogP contribution in [-0.4, -0.2) is 35.4 Å². The van der Waals surface area contributed by atoms with Gasteiger partial charge in [-0.1, -0.05) is 0 Å². The lowest BCUT2D eigenvalue weighted by atomic mass is 10.0. The average Bonchev–Trinajstić information content (AvgIpc) is 3.35. The highest BCUT2D eigenvalue weighted by molar-refractivity contribution is 5.91. The normalized spacial score (nSPS) is 18.6. The highest BCUT2D eigenvalue weighted by atomic mass is 19.4. The molecular weight excluding hydrogens is 411 g/mol. The molecule has 1 aliphatic heterocycles. The summed E-state index contributed by atoms with van der Waals surface area (Å²) < 4.78 is 41.3. The van der Waals surface area contributed by atoms with E-state index < -0.39 is 17.9 Å². The fraction of sp³-hybridized carbons (Fsp3) is 0.450. The summed E-state index contributed by atoms with van der Waals surface area (Å²) in [5.74, 6) is -1.89. The molecule has 1 unspecified atom stereocenters. The van der Waals surface area contributed by atoms with Gasteiger partial charge in [0.15, 0.2) is 0 Å². The fourth-order valence-electron chi connectivity index (χ4n) is 3.91. The predicted molar refractivity (Wildman–Crippen MR) is 103 cm³/mol. The summed E-state index contributed by atoms with van der Waals surface area (Å²) in [6.45, 7) is 0.713. The quantitative estimate of drug-likeness (QED) is 0.685. The molecule has 1 atom stereocenters. The molecule has 1 saturated carbocycles. The first-order valence-electron chi connectivity index (χ1n) is 10.1. The molecule has 0 bridgehead atoms. The van der Waals surface area contributed by atoms with Crippen LogP contribution in [0.15, 0.2) is 24.4 Å². The summed E-state index contributed by atoms with van der Waals surface area (Å²) in [4.78, 5) is 20.5. The molecule has 3 aromatic heterocycles. The minimum Gasteiger partial charge on any atom is -0.341 e. The molecule has 0 saturated heterocycles. The summed E-state index contributed by atoms with van der Waals surface area (Å²) in [6.07, 6.45) is 0.829. The number of nitrogens with zero attached hydrogens (tertiary/aromatic N) is 6. The summed E-state index contributed by atoms with van der Waals surface area (Å²) in [5.41, 5.74) is 3.64. The van der Waals surface area contributed by atoms with Gasteiger partial charge in [-0.25, -0.2) is 4.68 Å². The largest absolute Gasteiger partial charge is 0.453 e. The Bertz CT molecular complexity index is 1150. The second-order valence-electron chi connectivity index (χ2n) is 7.97. The molecule has 0 spiro atoms. The van der Waals surface area contributed by atoms with Crippen LogP contribution in [0.25, 0.3) is 11.3 Å². The number of halogens is 3. The smallest absolute Gasteiger partial charge is 0.341 e. The van der Waals surface area contributed by atoms with Crippen molar-refractivity contribution in [3.05, 3.63) is 47.4 Å². The van der Waals surface area contributed by atoms with Crippen LogP contribution in [0.2, 0.25) is 0 Å². The van der Waals surface area contributed by atoms with E-state index in [2.05, 4.69) is 31.5 Å². The van der Waals surface area contributed by atoms with Crippen molar-refractivity contribution in [2.75, 3.05) is 0 Å². The third-order valence-corrected chi connectivity index (χ3v) is 5.63. The molecule has 1 amide bonds. The zero-order chi connectivity index (χ0) is 21.8. The van der Waals surface area contributed by atoms with Gasteiger partial charge in [0, 0.05) is 37.0 Å². The third-order valence-electron chi connectivity index (χ3n) is 5.63. The standard InChI is InChI=1S/C20H20F3N7O/c1-29-17(26-19(28-29)20(21,22)23)18(31)25-13-3-2-8-30-16(13)10-15(27-30)12-6-7-24-14(9-12)11-4-5-11/h6-7,9-11,13H,2-5,8H2,1H3,(H,25,31). The molecule has 1 fully saturated rings. The molecule has 8 nitrogen and oxygen atoms in total. The maximum Gasteiger partial charge on any atom is 0.453 e. The number of aromatic nitrogens is 6. The minimum absolute atomic E-state index is 0.377. The zero-order valence-electron chi connectivity index (χ0n) is 16.7. The van der Waals surface area contributed by atoms with E-state index in [1.54, 1.807) is 6.20 Å². The van der Waals surface area contributed by atoms with Crippen molar-refractivity contribution < 1.29 is 18.0 Å². The van der Waals surface area contributed by atoms with Gasteiger partial charge in [0.2, 0.25) is 5.82 Å². The van der Waals surface area contributed by atoms with Gasteiger partial charge in [0.05, 0.1) is 17.4 Å². The van der Waals surface area contributed by atoms with Gasteiger partial charge in [0.25, 0.3) is 11.7 Å². The van der Waals surface area contributed by atoms with Crippen LogP contribution in [0, 0.1) is 0 Å². The van der Waals surface area contributed by atoms with E-state index in [9.17, 15) is 18.0 Å². The van der Waals surface area contributed by atoms with Gasteiger partial charge in [-0.15, -0.1) is 5.10 Å². The van der Waals surface area contributed by atoms with Crippen molar-refractivity contribution in [2.45, 2.75) is 50.4 Å². The number of aryl methyl sites for hydroxylation is 2. The number of alkyl halides is 3. The Balaban J connectivity index is 1.39. The number of rotatable bonds is 4. The van der Waals surface area contributed by atoms with E-state index >= 15 is 0 Å². The fourth-order valence-corrected chi connectivity index (χ4v) is 3.91. The Morgan fingerprint density at radius 3 is 2.71 bits per heavy atom. The molecule has 31 heavy (non-hydrogen) atoms. The Kier molecular flexibility index (Phi) is 4.56. The first-order chi connectivity index (χ1) is 14.8. The van der Waals surface area contributed by atoms with Crippen LogP contribution in [0.3, 0.4) is 0 Å². The van der Waals surface area contributed by atoms with Crippen LogP contribution in [0.1, 0.15) is 65.5 Å². The molecule has 11 heteroatoms. The molecule has 0 aromatic carbocycles. The van der Waals surface area contributed by atoms with E-state index in [1.807, 2.05) is 16.8 Å². The lowest BCUT2D eigenvalue weighted by molar-refractivity contribution is -0.144. The lowest BCUT2D eigenvalue weighted by Gasteiger charge is -2.24. The maximum atomic E-state index is 12.9. The van der Waals surface area contributed by atoms with Crippen molar-refractivity contribution in [2.24, 2.45) is 7.05 Å². The molecule has 1 N–H and O–H groups in total. The van der Waals surface area contributed by atoms with Gasteiger partial charge in [-0.3, -0.25) is 14.5 Å². The Hall–Kier alpha value is -3.24. The molecule has 2 aliphatic rings. The van der Waals surface area contributed by atoms with Crippen molar-refractivity contribution in [3.63, 3.8) is 0 Å². The van der Waals surface area contributed by atoms with E-state index in [4.69, 9.17) is 0 Å². The summed E-state index contributed by atoms with van der Waals surface area (Å²) in [7, 11) is 1.27. The molecule has 3 aromatic rings. The van der Waals surface area contributed by atoms with E-state index in [0.29, 0.717) is 18.9 Å². The van der Waals surface area contributed by atoms with E-state index in [0.717, 1.165) is 46.6 Å². The van der Waals surface area contributed by atoms with Crippen LogP contribution in [-0.2, 0) is 19.8 Å². The highest BCUT2D eigenvalue weighted by Crippen LogP contribution is 2.40. The number of hydrogen-bond acceptors (Lipinski definition) is 5. The lowest BCUT2D eigenvalue weighted by Crippen LogP contribution is -2.34. The van der Waals surface area contributed by atoms with Crippen molar-refractivity contribution in [3.8, 4) is 11.3 Å².